The zero-order valence-corrected chi connectivity index (χ0v) is 39.5. The maximum Gasteiger partial charge on any atom is 0.137 e. The maximum absolute atomic E-state index is 7.07. The highest BCUT2D eigenvalue weighted by Crippen LogP contribution is 2.52. The van der Waals surface area contributed by atoms with Crippen molar-refractivity contribution < 1.29 is 4.74 Å². The zero-order chi connectivity index (χ0) is 47.0. The summed E-state index contributed by atoms with van der Waals surface area (Å²) in [5.41, 5.74) is 18.6. The average Bonchev–Trinajstić information content (AvgIpc) is 3.48. The van der Waals surface area contributed by atoms with Gasteiger partial charge in [-0.2, -0.15) is 0 Å². The van der Waals surface area contributed by atoms with Crippen molar-refractivity contribution in [3.63, 3.8) is 0 Å². The molecule has 0 atom stereocenters. The third kappa shape index (κ3) is 8.06. The number of hydrogen-bond acceptors (Lipinski definition) is 3. The van der Waals surface area contributed by atoms with Crippen LogP contribution in [0.1, 0.15) is 43.4 Å². The van der Waals surface area contributed by atoms with Crippen LogP contribution in [0.5, 0.6) is 11.5 Å². The second-order valence-electron chi connectivity index (χ2n) is 18.9. The first-order valence-electron chi connectivity index (χ1n) is 24.4. The molecule has 1 aliphatic heterocycles. The Kier molecular flexibility index (Phi) is 11.0. The molecule has 3 heteroatoms. The number of anilines is 4. The van der Waals surface area contributed by atoms with E-state index in [4.69, 9.17) is 4.74 Å². The third-order valence-corrected chi connectivity index (χ3v) is 14.1. The van der Waals surface area contributed by atoms with Crippen molar-refractivity contribution >= 4 is 45.2 Å². The van der Waals surface area contributed by atoms with Gasteiger partial charge >= 0.3 is 0 Å². The van der Waals surface area contributed by atoms with Crippen LogP contribution in [0.25, 0.3) is 55.8 Å². The molecule has 0 amide bonds. The Bertz CT molecular complexity index is 3560. The van der Waals surface area contributed by atoms with Gasteiger partial charge in [-0.15, -0.1) is 0 Å². The van der Waals surface area contributed by atoms with Crippen LogP contribution in [0, 0.1) is 0 Å². The summed E-state index contributed by atoms with van der Waals surface area (Å²) < 4.78 is 7.07. The lowest BCUT2D eigenvalue weighted by atomic mass is 9.81. The van der Waals surface area contributed by atoms with Crippen molar-refractivity contribution in [3.05, 3.63) is 277 Å². The van der Waals surface area contributed by atoms with Gasteiger partial charge in [-0.05, 0) is 130 Å². The number of rotatable bonds is 9. The molecule has 0 aromatic heterocycles. The summed E-state index contributed by atoms with van der Waals surface area (Å²) in [5, 5.41) is 2.22. The first-order valence-corrected chi connectivity index (χ1v) is 24.4. The molecule has 0 N–H and O–H groups in total. The smallest absolute Gasteiger partial charge is 0.137 e. The summed E-state index contributed by atoms with van der Waals surface area (Å²) in [5.74, 6) is 1.69. The van der Waals surface area contributed by atoms with E-state index in [0.29, 0.717) is 0 Å². The van der Waals surface area contributed by atoms with Crippen molar-refractivity contribution in [2.24, 2.45) is 0 Å². The van der Waals surface area contributed by atoms with Gasteiger partial charge in [0.15, 0.2) is 0 Å². The summed E-state index contributed by atoms with van der Waals surface area (Å²) >= 11 is 0. The van der Waals surface area contributed by atoms with Crippen LogP contribution in [0.15, 0.2) is 260 Å². The second-order valence-corrected chi connectivity index (χ2v) is 18.9. The largest absolute Gasteiger partial charge is 0.456 e. The van der Waals surface area contributed by atoms with Gasteiger partial charge in [-0.25, -0.2) is 0 Å². The predicted molar refractivity (Wildman–Crippen MR) is 295 cm³/mol. The maximum atomic E-state index is 7.07. The van der Waals surface area contributed by atoms with Crippen molar-refractivity contribution in [3.8, 4) is 44.9 Å². The highest BCUT2D eigenvalue weighted by Gasteiger charge is 2.28. The normalized spacial score (nSPS) is 16.1. The summed E-state index contributed by atoms with van der Waals surface area (Å²) in [6.45, 7) is 4.60. The highest BCUT2D eigenvalue weighted by molar-refractivity contribution is 6.10. The topological polar surface area (TPSA) is 15.7 Å². The number of nitrogens with zero attached hydrogens (tertiary/aromatic N) is 2. The first-order chi connectivity index (χ1) is 34.4. The minimum absolute atomic E-state index is 0.208. The van der Waals surface area contributed by atoms with Crippen molar-refractivity contribution in [1.82, 2.24) is 0 Å². The molecule has 2 aliphatic carbocycles. The second kappa shape index (κ2) is 18.1. The van der Waals surface area contributed by atoms with Gasteiger partial charge in [-0.1, -0.05) is 196 Å². The van der Waals surface area contributed by atoms with Crippen LogP contribution in [0.2, 0.25) is 0 Å². The minimum atomic E-state index is -0.208. The van der Waals surface area contributed by atoms with E-state index in [1.165, 1.54) is 50.2 Å². The van der Waals surface area contributed by atoms with E-state index in [1.54, 1.807) is 0 Å². The molecule has 336 valence electrons. The Morgan fingerprint density at radius 2 is 1.06 bits per heavy atom. The lowest BCUT2D eigenvalue weighted by Gasteiger charge is -2.32. The van der Waals surface area contributed by atoms with Crippen LogP contribution in [-0.4, -0.2) is 0 Å². The van der Waals surface area contributed by atoms with Crippen LogP contribution in [0.4, 0.5) is 22.7 Å². The van der Waals surface area contributed by atoms with E-state index in [1.807, 2.05) is 0 Å². The molecule has 0 fully saturated rings. The molecule has 0 bridgehead atoms. The van der Waals surface area contributed by atoms with Crippen molar-refractivity contribution in [1.29, 1.82) is 0 Å². The fourth-order valence-corrected chi connectivity index (χ4v) is 10.5. The molecule has 1 heterocycles. The third-order valence-electron chi connectivity index (χ3n) is 14.1. The molecule has 0 unspecified atom stereocenters. The Labute approximate surface area is 411 Å². The molecule has 3 nitrogen and oxygen atoms in total. The van der Waals surface area contributed by atoms with Crippen LogP contribution in [0.3, 0.4) is 0 Å². The van der Waals surface area contributed by atoms with E-state index in [9.17, 15) is 0 Å². The number of fused-ring (bicyclic) bond motifs is 3. The van der Waals surface area contributed by atoms with Gasteiger partial charge < -0.3 is 14.5 Å². The van der Waals surface area contributed by atoms with Gasteiger partial charge in [0.05, 0.1) is 5.69 Å². The summed E-state index contributed by atoms with van der Waals surface area (Å²) in [6.07, 6.45) is 17.8. The highest BCUT2D eigenvalue weighted by atomic mass is 16.5. The number of hydrogen-bond donors (Lipinski definition) is 0. The van der Waals surface area contributed by atoms with Gasteiger partial charge in [0.1, 0.15) is 11.5 Å². The van der Waals surface area contributed by atoms with Gasteiger partial charge in [0.25, 0.3) is 0 Å². The molecule has 9 aromatic carbocycles. The summed E-state index contributed by atoms with van der Waals surface area (Å²) in [7, 11) is 0. The van der Waals surface area contributed by atoms with Gasteiger partial charge in [-0.3, -0.25) is 0 Å². The van der Waals surface area contributed by atoms with Gasteiger partial charge in [0, 0.05) is 56.3 Å². The van der Waals surface area contributed by atoms with Crippen molar-refractivity contribution in [2.75, 3.05) is 9.80 Å². The molecular formula is C67H52N2O. The minimum Gasteiger partial charge on any atom is -0.456 e. The van der Waals surface area contributed by atoms with E-state index < -0.39 is 0 Å². The van der Waals surface area contributed by atoms with Crippen LogP contribution in [-0.2, 0) is 5.41 Å². The van der Waals surface area contributed by atoms with Crippen LogP contribution < -0.4 is 14.5 Å². The average molecular weight is 901 g/mol. The van der Waals surface area contributed by atoms with Crippen molar-refractivity contribution in [2.45, 2.75) is 32.1 Å². The quantitative estimate of drug-likeness (QED) is 0.144. The molecule has 9 aromatic rings. The molecule has 3 aliphatic rings. The molecule has 0 radical (unpaired) electrons. The molecule has 70 heavy (non-hydrogen) atoms. The number of allylic oxidation sites excluding steroid dienone is 8. The van der Waals surface area contributed by atoms with E-state index in [-0.39, 0.29) is 5.41 Å². The van der Waals surface area contributed by atoms with Gasteiger partial charge in [0.2, 0.25) is 0 Å². The monoisotopic (exact) mass is 900 g/mol. The fraction of sp³-hybridized carbons (Fsp3) is 0.0746. The lowest BCUT2D eigenvalue weighted by molar-refractivity contribution is 0.487. The molecular weight excluding hydrogens is 849 g/mol. The van der Waals surface area contributed by atoms with E-state index >= 15 is 0 Å². The molecule has 0 spiro atoms. The summed E-state index contributed by atoms with van der Waals surface area (Å²) in [6, 6.07) is 76.4. The van der Waals surface area contributed by atoms with E-state index in [2.05, 4.69) is 279 Å². The number of ether oxygens (including phenoxy) is 1. The molecule has 12 rings (SSSR count). The summed E-state index contributed by atoms with van der Waals surface area (Å²) in [4.78, 5) is 4.81. The zero-order valence-electron chi connectivity index (χ0n) is 39.5. The Morgan fingerprint density at radius 1 is 0.443 bits per heavy atom. The standard InChI is InChI=1S/C67H52N2O/c1-67(2)45-44-54(24-14-23-53-22-12-13-27-62(53)67)69(57-38-32-52(33-39-57)49-20-10-5-11-21-49)63-42-43-64-66-60(25-15-26-61(63)66)59-41-40-58(46-65(59)70-64)68(55-34-28-50(29-35-55)47-16-6-3-7-17-47)56-36-30-51(31-37-56)48-18-8-4-9-19-48/h3-30,32-36,38-46H,31,37H2,1-2H3/b23-14+,45-44+,54-24+. The number of benzene rings is 9. The van der Waals surface area contributed by atoms with E-state index in [0.717, 1.165) is 74.7 Å². The first kappa shape index (κ1) is 42.7. The Hall–Kier alpha value is -8.66. The lowest BCUT2D eigenvalue weighted by Crippen LogP contribution is -2.18. The fourth-order valence-electron chi connectivity index (χ4n) is 10.5. The van der Waals surface area contributed by atoms with Crippen LogP contribution >= 0.6 is 0 Å². The predicted octanol–water partition coefficient (Wildman–Crippen LogP) is 18.4. The Morgan fingerprint density at radius 3 is 1.73 bits per heavy atom. The molecule has 0 saturated heterocycles. The Balaban J connectivity index is 0.960. The SMILES string of the molecule is CC1(C)/C=C/C(N(c2ccc(-c3ccccc3)cc2)c2ccc3c4c(cccc24)-c2ccc(N(C4=CC=C(c5ccccc5)CC4)c4ccc(-c5ccccc5)cc4)cc2O3)=C\C=C\c2ccccc21. The molecule has 0 saturated carbocycles.